The summed E-state index contributed by atoms with van der Waals surface area (Å²) >= 11 is 1.57. The molecule has 0 unspecified atom stereocenters. The van der Waals surface area contributed by atoms with E-state index in [9.17, 15) is 19.7 Å². The molecule has 2 heterocycles. The standard InChI is InChI=1S/C19H18N4O4S/c1-2-15-20-18-16(13-5-3-4-6-14(13)28-18)19(25)22(15)21-17(24)11-7-9-12(10-8-11)23(26)27/h7-10H,2-6H2,1H3,(H,21,24). The van der Waals surface area contributed by atoms with Gasteiger partial charge in [-0.2, -0.15) is 0 Å². The third kappa shape index (κ3) is 3.07. The molecule has 1 amide bonds. The molecule has 1 aromatic carbocycles. The van der Waals surface area contributed by atoms with Gasteiger partial charge in [0.2, 0.25) is 0 Å². The number of nitro groups is 1. The van der Waals surface area contributed by atoms with E-state index in [4.69, 9.17) is 0 Å². The molecule has 1 aliphatic carbocycles. The molecule has 0 saturated carbocycles. The average molecular weight is 398 g/mol. The number of amides is 1. The fourth-order valence-corrected chi connectivity index (χ4v) is 4.77. The van der Waals surface area contributed by atoms with E-state index in [0.29, 0.717) is 17.6 Å². The van der Waals surface area contributed by atoms with Crippen molar-refractivity contribution in [1.82, 2.24) is 9.66 Å². The minimum atomic E-state index is -0.529. The lowest BCUT2D eigenvalue weighted by Gasteiger charge is -2.14. The molecule has 0 radical (unpaired) electrons. The molecule has 0 atom stereocenters. The zero-order valence-corrected chi connectivity index (χ0v) is 16.0. The zero-order valence-electron chi connectivity index (χ0n) is 15.2. The quantitative estimate of drug-likeness (QED) is 0.536. The number of carbonyl (C=O) groups is 1. The highest BCUT2D eigenvalue weighted by molar-refractivity contribution is 7.18. The maximum atomic E-state index is 13.2. The third-order valence-electron chi connectivity index (χ3n) is 4.93. The number of carbonyl (C=O) groups excluding carboxylic acids is 1. The summed E-state index contributed by atoms with van der Waals surface area (Å²) in [6.45, 7) is 1.87. The molecule has 2 aromatic heterocycles. The second kappa shape index (κ2) is 7.16. The van der Waals surface area contributed by atoms with Gasteiger partial charge in [0.25, 0.3) is 17.2 Å². The van der Waals surface area contributed by atoms with Crippen molar-refractivity contribution in [3.8, 4) is 0 Å². The molecule has 28 heavy (non-hydrogen) atoms. The van der Waals surface area contributed by atoms with E-state index in [-0.39, 0.29) is 16.8 Å². The van der Waals surface area contributed by atoms with Crippen LogP contribution in [0.25, 0.3) is 10.2 Å². The first-order valence-electron chi connectivity index (χ1n) is 9.11. The molecule has 1 N–H and O–H groups in total. The van der Waals surface area contributed by atoms with Crippen molar-refractivity contribution in [3.63, 3.8) is 0 Å². The number of hydrogen-bond donors (Lipinski definition) is 1. The van der Waals surface area contributed by atoms with E-state index in [1.54, 1.807) is 11.3 Å². The van der Waals surface area contributed by atoms with E-state index in [0.717, 1.165) is 36.1 Å². The second-order valence-corrected chi connectivity index (χ2v) is 7.74. The number of fused-ring (bicyclic) bond motifs is 3. The number of rotatable bonds is 4. The Kier molecular flexibility index (Phi) is 4.68. The number of thiophene rings is 1. The van der Waals surface area contributed by atoms with Gasteiger partial charge in [0.1, 0.15) is 10.7 Å². The summed E-state index contributed by atoms with van der Waals surface area (Å²) in [6, 6.07) is 5.25. The van der Waals surface area contributed by atoms with E-state index in [1.807, 2.05) is 6.92 Å². The molecule has 8 nitrogen and oxygen atoms in total. The molecule has 0 fully saturated rings. The first kappa shape index (κ1) is 18.3. The smallest absolute Gasteiger partial charge is 0.267 e. The number of nitrogens with one attached hydrogen (secondary N) is 1. The Labute approximate surface area is 164 Å². The van der Waals surface area contributed by atoms with E-state index in [1.165, 1.54) is 33.8 Å². The van der Waals surface area contributed by atoms with Crippen LogP contribution in [0.5, 0.6) is 0 Å². The number of benzene rings is 1. The molecule has 0 saturated heterocycles. The van der Waals surface area contributed by atoms with Crippen LogP contribution in [0.1, 0.15) is 46.4 Å². The molecule has 4 rings (SSSR count). The number of hydrogen-bond acceptors (Lipinski definition) is 6. The molecular weight excluding hydrogens is 380 g/mol. The molecule has 1 aliphatic rings. The van der Waals surface area contributed by atoms with Crippen LogP contribution in [0.15, 0.2) is 29.1 Å². The fraction of sp³-hybridized carbons (Fsp3) is 0.316. The minimum absolute atomic E-state index is 0.101. The van der Waals surface area contributed by atoms with Crippen molar-refractivity contribution in [2.24, 2.45) is 0 Å². The lowest BCUT2D eigenvalue weighted by molar-refractivity contribution is -0.384. The van der Waals surface area contributed by atoms with Crippen LogP contribution in [-0.2, 0) is 19.3 Å². The summed E-state index contributed by atoms with van der Waals surface area (Å²) in [5, 5.41) is 11.4. The lowest BCUT2D eigenvalue weighted by Crippen LogP contribution is -2.36. The van der Waals surface area contributed by atoms with Crippen LogP contribution in [0.2, 0.25) is 0 Å². The molecule has 0 bridgehead atoms. The van der Waals surface area contributed by atoms with Gasteiger partial charge < -0.3 is 0 Å². The maximum absolute atomic E-state index is 13.2. The number of nitrogens with zero attached hydrogens (tertiary/aromatic N) is 3. The van der Waals surface area contributed by atoms with Crippen LogP contribution in [0.4, 0.5) is 5.69 Å². The third-order valence-corrected chi connectivity index (χ3v) is 6.11. The number of aromatic nitrogens is 2. The summed E-state index contributed by atoms with van der Waals surface area (Å²) in [7, 11) is 0. The Morgan fingerprint density at radius 2 is 2.00 bits per heavy atom. The van der Waals surface area contributed by atoms with Crippen molar-refractivity contribution >= 4 is 33.1 Å². The van der Waals surface area contributed by atoms with Gasteiger partial charge in [-0.1, -0.05) is 6.92 Å². The zero-order chi connectivity index (χ0) is 19.8. The number of nitro benzene ring substituents is 1. The monoisotopic (exact) mass is 398 g/mol. The van der Waals surface area contributed by atoms with Crippen LogP contribution < -0.4 is 11.0 Å². The first-order valence-corrected chi connectivity index (χ1v) is 9.93. The SMILES string of the molecule is CCc1nc2sc3c(c2c(=O)n1NC(=O)c1ccc([N+](=O)[O-])cc1)CCCC3. The van der Waals surface area contributed by atoms with Gasteiger partial charge in [-0.25, -0.2) is 9.66 Å². The Bertz CT molecular complexity index is 1150. The Hall–Kier alpha value is -3.07. The summed E-state index contributed by atoms with van der Waals surface area (Å²) in [5.41, 5.74) is 3.54. The van der Waals surface area contributed by atoms with Crippen LogP contribution >= 0.6 is 11.3 Å². The first-order chi connectivity index (χ1) is 13.5. The molecule has 3 aromatic rings. The van der Waals surface area contributed by atoms with Gasteiger partial charge in [0, 0.05) is 29.0 Å². The second-order valence-electron chi connectivity index (χ2n) is 6.66. The number of aryl methyl sites for hydroxylation is 3. The van der Waals surface area contributed by atoms with Gasteiger partial charge in [0.15, 0.2) is 0 Å². The van der Waals surface area contributed by atoms with E-state index >= 15 is 0 Å². The van der Waals surface area contributed by atoms with Crippen LogP contribution in [0, 0.1) is 10.1 Å². The van der Waals surface area contributed by atoms with Gasteiger partial charge in [-0.15, -0.1) is 11.3 Å². The minimum Gasteiger partial charge on any atom is -0.267 e. The molecular formula is C19H18N4O4S. The normalized spacial score (nSPS) is 13.3. The van der Waals surface area contributed by atoms with E-state index < -0.39 is 10.8 Å². The summed E-state index contributed by atoms with van der Waals surface area (Å²) in [4.78, 5) is 42.6. The van der Waals surface area contributed by atoms with Crippen molar-refractivity contribution < 1.29 is 9.72 Å². The fourth-order valence-electron chi connectivity index (χ4n) is 3.50. The van der Waals surface area contributed by atoms with Gasteiger partial charge in [-0.3, -0.25) is 25.1 Å². The summed E-state index contributed by atoms with van der Waals surface area (Å²) < 4.78 is 1.22. The molecule has 0 aliphatic heterocycles. The Morgan fingerprint density at radius 3 is 2.68 bits per heavy atom. The maximum Gasteiger partial charge on any atom is 0.281 e. The Balaban J connectivity index is 1.75. The predicted molar refractivity (Wildman–Crippen MR) is 107 cm³/mol. The highest BCUT2D eigenvalue weighted by Gasteiger charge is 2.22. The molecule has 144 valence electrons. The lowest BCUT2D eigenvalue weighted by atomic mass is 9.97. The topological polar surface area (TPSA) is 107 Å². The highest BCUT2D eigenvalue weighted by atomic mass is 32.1. The van der Waals surface area contributed by atoms with Crippen molar-refractivity contribution in [1.29, 1.82) is 0 Å². The molecule has 9 heteroatoms. The van der Waals surface area contributed by atoms with E-state index in [2.05, 4.69) is 10.4 Å². The van der Waals surface area contributed by atoms with Crippen LogP contribution in [0.3, 0.4) is 0 Å². The summed E-state index contributed by atoms with van der Waals surface area (Å²) in [5.74, 6) is -0.0386. The van der Waals surface area contributed by atoms with Crippen LogP contribution in [-0.4, -0.2) is 20.5 Å². The summed E-state index contributed by atoms with van der Waals surface area (Å²) in [6.07, 6.45) is 4.46. The largest absolute Gasteiger partial charge is 0.281 e. The Morgan fingerprint density at radius 1 is 1.29 bits per heavy atom. The number of non-ortho nitro benzene ring substituents is 1. The van der Waals surface area contributed by atoms with Crippen molar-refractivity contribution in [3.05, 3.63) is 66.6 Å². The van der Waals surface area contributed by atoms with Gasteiger partial charge in [0.05, 0.1) is 10.3 Å². The van der Waals surface area contributed by atoms with Crippen molar-refractivity contribution in [2.75, 3.05) is 5.43 Å². The molecule has 0 spiro atoms. The van der Waals surface area contributed by atoms with Gasteiger partial charge >= 0.3 is 0 Å². The van der Waals surface area contributed by atoms with Gasteiger partial charge in [-0.05, 0) is 43.4 Å². The highest BCUT2D eigenvalue weighted by Crippen LogP contribution is 2.33. The average Bonchev–Trinajstić information content (AvgIpc) is 3.08. The predicted octanol–water partition coefficient (Wildman–Crippen LogP) is 3.19. The van der Waals surface area contributed by atoms with Crippen molar-refractivity contribution in [2.45, 2.75) is 39.0 Å².